The molecule has 6 heteroatoms. The van der Waals surface area contributed by atoms with E-state index in [1.54, 1.807) is 6.20 Å². The molecule has 0 aliphatic carbocycles. The Morgan fingerprint density at radius 2 is 2.00 bits per heavy atom. The first-order chi connectivity index (χ1) is 13.7. The minimum absolute atomic E-state index is 0.331. The van der Waals surface area contributed by atoms with Crippen molar-refractivity contribution < 1.29 is 4.52 Å². The van der Waals surface area contributed by atoms with Gasteiger partial charge in [-0.1, -0.05) is 35.5 Å². The maximum atomic E-state index is 5.45. The Labute approximate surface area is 163 Å². The van der Waals surface area contributed by atoms with Crippen molar-refractivity contribution in [2.75, 3.05) is 6.54 Å². The van der Waals surface area contributed by atoms with Gasteiger partial charge in [-0.25, -0.2) is 9.97 Å². The second kappa shape index (κ2) is 6.87. The van der Waals surface area contributed by atoms with Crippen LogP contribution in [-0.2, 0) is 6.54 Å². The zero-order valence-electron chi connectivity index (χ0n) is 16.2. The summed E-state index contributed by atoms with van der Waals surface area (Å²) in [5, 5.41) is 4.18. The van der Waals surface area contributed by atoms with Gasteiger partial charge in [0, 0.05) is 36.1 Å². The summed E-state index contributed by atoms with van der Waals surface area (Å²) < 4.78 is 7.57. The van der Waals surface area contributed by atoms with Gasteiger partial charge in [0.15, 0.2) is 0 Å². The van der Waals surface area contributed by atoms with Crippen molar-refractivity contribution in [1.82, 2.24) is 24.4 Å². The van der Waals surface area contributed by atoms with Gasteiger partial charge in [0.05, 0.1) is 17.1 Å². The maximum Gasteiger partial charge on any atom is 0.234 e. The molecule has 142 valence electrons. The zero-order valence-corrected chi connectivity index (χ0v) is 16.2. The predicted octanol–water partition coefficient (Wildman–Crippen LogP) is 4.34. The van der Waals surface area contributed by atoms with Gasteiger partial charge >= 0.3 is 0 Å². The Morgan fingerprint density at radius 3 is 2.79 bits per heavy atom. The molecule has 5 rings (SSSR count). The summed E-state index contributed by atoms with van der Waals surface area (Å²) in [6, 6.07) is 12.7. The highest BCUT2D eigenvalue weighted by Crippen LogP contribution is 2.37. The van der Waals surface area contributed by atoms with Crippen molar-refractivity contribution in [3.05, 3.63) is 71.5 Å². The average molecular weight is 373 g/mol. The quantitative estimate of drug-likeness (QED) is 0.533. The van der Waals surface area contributed by atoms with Crippen molar-refractivity contribution in [1.29, 1.82) is 0 Å². The van der Waals surface area contributed by atoms with Gasteiger partial charge in [-0.15, -0.1) is 0 Å². The minimum atomic E-state index is 0.331. The maximum absolute atomic E-state index is 5.45. The first-order valence-corrected chi connectivity index (χ1v) is 9.76. The van der Waals surface area contributed by atoms with E-state index in [1.807, 2.05) is 26.0 Å². The van der Waals surface area contributed by atoms with E-state index in [-0.39, 0.29) is 0 Å². The molecule has 0 amide bonds. The average Bonchev–Trinajstić information content (AvgIpc) is 3.41. The van der Waals surface area contributed by atoms with Crippen LogP contribution >= 0.6 is 0 Å². The fraction of sp³-hybridized carbons (Fsp3) is 0.318. The number of benzene rings is 1. The molecule has 0 unspecified atom stereocenters. The number of nitrogens with zero attached hydrogens (tertiary/aromatic N) is 5. The third-order valence-corrected chi connectivity index (χ3v) is 5.69. The van der Waals surface area contributed by atoms with Crippen molar-refractivity contribution in [3.63, 3.8) is 0 Å². The molecule has 1 fully saturated rings. The molecule has 1 aliphatic heterocycles. The Hall–Kier alpha value is -2.99. The number of fused-ring (bicyclic) bond motifs is 1. The molecule has 1 aliphatic rings. The van der Waals surface area contributed by atoms with Gasteiger partial charge in [-0.2, -0.15) is 0 Å². The van der Waals surface area contributed by atoms with Gasteiger partial charge in [0.1, 0.15) is 5.76 Å². The molecular weight excluding hydrogens is 350 g/mol. The van der Waals surface area contributed by atoms with E-state index in [2.05, 4.69) is 49.9 Å². The van der Waals surface area contributed by atoms with E-state index in [0.717, 1.165) is 48.0 Å². The lowest BCUT2D eigenvalue weighted by molar-refractivity contribution is 0.242. The third kappa shape index (κ3) is 2.81. The largest absolute Gasteiger partial charge is 0.361 e. The highest BCUT2D eigenvalue weighted by molar-refractivity contribution is 5.65. The third-order valence-electron chi connectivity index (χ3n) is 5.69. The number of aryl methyl sites for hydroxylation is 2. The molecule has 1 atom stereocenters. The Bertz CT molecular complexity index is 1100. The number of hydrogen-bond donors (Lipinski definition) is 0. The van der Waals surface area contributed by atoms with E-state index in [0.29, 0.717) is 6.04 Å². The normalized spacial score (nSPS) is 17.6. The van der Waals surface area contributed by atoms with Crippen molar-refractivity contribution in [2.45, 2.75) is 39.3 Å². The second-order valence-corrected chi connectivity index (χ2v) is 7.43. The number of rotatable bonds is 4. The Kier molecular flexibility index (Phi) is 4.20. The summed E-state index contributed by atoms with van der Waals surface area (Å²) in [4.78, 5) is 11.8. The number of hydrogen-bond acceptors (Lipinski definition) is 5. The van der Waals surface area contributed by atoms with E-state index in [9.17, 15) is 0 Å². The molecule has 0 spiro atoms. The van der Waals surface area contributed by atoms with Crippen molar-refractivity contribution >= 4 is 5.78 Å². The van der Waals surface area contributed by atoms with E-state index >= 15 is 0 Å². The molecule has 6 nitrogen and oxygen atoms in total. The molecule has 1 aromatic carbocycles. The highest BCUT2D eigenvalue weighted by Gasteiger charge is 2.32. The SMILES string of the molecule is Cc1noc(C)c1[C@@H]1CCCN1Cc1c(-c2ccccc2)nc2ncccn12. The van der Waals surface area contributed by atoms with Crippen LogP contribution in [0.1, 0.15) is 41.6 Å². The topological polar surface area (TPSA) is 59.5 Å². The molecule has 3 aromatic heterocycles. The lowest BCUT2D eigenvalue weighted by Crippen LogP contribution is -2.24. The standard InChI is InChI=1S/C22H23N5O/c1-15-20(16(2)28-25-15)18-10-6-12-26(18)14-19-21(17-8-4-3-5-9-17)24-22-23-11-7-13-27(19)22/h3-5,7-9,11,13,18H,6,10,12,14H2,1-2H3/t18-/m0/s1. The van der Waals surface area contributed by atoms with Crippen LogP contribution in [0.3, 0.4) is 0 Å². The number of imidazole rings is 1. The lowest BCUT2D eigenvalue weighted by atomic mass is 10.0. The molecule has 28 heavy (non-hydrogen) atoms. The molecule has 4 aromatic rings. The Balaban J connectivity index is 1.58. The summed E-state index contributed by atoms with van der Waals surface area (Å²) in [7, 11) is 0. The summed E-state index contributed by atoms with van der Waals surface area (Å²) in [6.07, 6.45) is 6.14. The van der Waals surface area contributed by atoms with Crippen LogP contribution < -0.4 is 0 Å². The zero-order chi connectivity index (χ0) is 19.1. The first-order valence-electron chi connectivity index (χ1n) is 9.76. The van der Waals surface area contributed by atoms with Crippen LogP contribution in [0.4, 0.5) is 0 Å². The highest BCUT2D eigenvalue weighted by atomic mass is 16.5. The fourth-order valence-corrected chi connectivity index (χ4v) is 4.41. The number of likely N-dealkylation sites (tertiary alicyclic amines) is 1. The summed E-state index contributed by atoms with van der Waals surface area (Å²) >= 11 is 0. The first kappa shape index (κ1) is 17.1. The number of aromatic nitrogens is 4. The van der Waals surface area contributed by atoms with Gasteiger partial charge in [-0.3, -0.25) is 9.30 Å². The van der Waals surface area contributed by atoms with Gasteiger partial charge < -0.3 is 4.52 Å². The molecular formula is C22H23N5O. The van der Waals surface area contributed by atoms with E-state index < -0.39 is 0 Å². The molecule has 0 saturated carbocycles. The van der Waals surface area contributed by atoms with Crippen LogP contribution in [0.25, 0.3) is 17.0 Å². The molecule has 0 radical (unpaired) electrons. The van der Waals surface area contributed by atoms with Crippen LogP contribution in [0, 0.1) is 13.8 Å². The van der Waals surface area contributed by atoms with Crippen molar-refractivity contribution in [3.8, 4) is 11.3 Å². The van der Waals surface area contributed by atoms with Crippen LogP contribution in [-0.4, -0.2) is 31.0 Å². The van der Waals surface area contributed by atoms with Gasteiger partial charge in [-0.05, 0) is 39.3 Å². The molecule has 1 saturated heterocycles. The van der Waals surface area contributed by atoms with Crippen molar-refractivity contribution in [2.24, 2.45) is 0 Å². The Morgan fingerprint density at radius 1 is 1.14 bits per heavy atom. The smallest absolute Gasteiger partial charge is 0.234 e. The lowest BCUT2D eigenvalue weighted by Gasteiger charge is -2.24. The molecule has 4 heterocycles. The van der Waals surface area contributed by atoms with Crippen LogP contribution in [0.5, 0.6) is 0 Å². The molecule has 0 N–H and O–H groups in total. The van der Waals surface area contributed by atoms with E-state index in [4.69, 9.17) is 9.51 Å². The van der Waals surface area contributed by atoms with Crippen LogP contribution in [0.2, 0.25) is 0 Å². The summed E-state index contributed by atoms with van der Waals surface area (Å²) in [6.45, 7) is 5.91. The summed E-state index contributed by atoms with van der Waals surface area (Å²) in [5.41, 5.74) is 5.54. The summed E-state index contributed by atoms with van der Waals surface area (Å²) in [5.74, 6) is 1.67. The van der Waals surface area contributed by atoms with E-state index in [1.165, 1.54) is 17.7 Å². The predicted molar refractivity (Wildman–Crippen MR) is 107 cm³/mol. The van der Waals surface area contributed by atoms with Gasteiger partial charge in [0.2, 0.25) is 5.78 Å². The fourth-order valence-electron chi connectivity index (χ4n) is 4.41. The van der Waals surface area contributed by atoms with Crippen LogP contribution in [0.15, 0.2) is 53.3 Å². The van der Waals surface area contributed by atoms with Gasteiger partial charge in [0.25, 0.3) is 0 Å². The minimum Gasteiger partial charge on any atom is -0.361 e. The second-order valence-electron chi connectivity index (χ2n) is 7.43. The monoisotopic (exact) mass is 373 g/mol. The molecule has 0 bridgehead atoms.